The minimum Gasteiger partial charge on any atom is -0.489 e. The van der Waals surface area contributed by atoms with E-state index in [1.807, 2.05) is 37.3 Å². The minimum atomic E-state index is -5.32. The molecule has 0 radical (unpaired) electrons. The number of urea groups is 1. The van der Waals surface area contributed by atoms with Crippen LogP contribution in [0.15, 0.2) is 54.6 Å². The van der Waals surface area contributed by atoms with E-state index >= 15 is 0 Å². The highest BCUT2D eigenvalue weighted by Crippen LogP contribution is 2.23. The summed E-state index contributed by atoms with van der Waals surface area (Å²) >= 11 is 0. The molecule has 1 fully saturated rings. The number of halogens is 3. The highest BCUT2D eigenvalue weighted by Gasteiger charge is 2.43. The van der Waals surface area contributed by atoms with Crippen LogP contribution in [0.4, 0.5) is 18.0 Å². The topological polar surface area (TPSA) is 130 Å². The van der Waals surface area contributed by atoms with Gasteiger partial charge in [0, 0.05) is 55.4 Å². The molecule has 14 heteroatoms. The lowest BCUT2D eigenvalue weighted by Gasteiger charge is -2.38. The summed E-state index contributed by atoms with van der Waals surface area (Å²) in [6, 6.07) is 14.7. The first-order valence-corrected chi connectivity index (χ1v) is 13.3. The van der Waals surface area contributed by atoms with Gasteiger partial charge in [-0.25, -0.2) is 9.59 Å². The van der Waals surface area contributed by atoms with Crippen molar-refractivity contribution in [2.24, 2.45) is 5.92 Å². The van der Waals surface area contributed by atoms with E-state index in [1.165, 1.54) is 41.5 Å². The number of aryl methyl sites for hydroxylation is 1. The second kappa shape index (κ2) is 13.0. The number of para-hydroxylation sites is 1. The van der Waals surface area contributed by atoms with Crippen molar-refractivity contribution in [3.8, 4) is 5.75 Å². The summed E-state index contributed by atoms with van der Waals surface area (Å²) in [6.07, 6.45) is -5.20. The summed E-state index contributed by atoms with van der Waals surface area (Å²) in [7, 11) is 3.01. The Morgan fingerprint density at radius 2 is 1.77 bits per heavy atom. The van der Waals surface area contributed by atoms with Gasteiger partial charge in [-0.1, -0.05) is 18.2 Å². The monoisotopic (exact) mass is 601 g/mol. The number of piperidine rings is 1. The molecule has 2 heterocycles. The van der Waals surface area contributed by atoms with E-state index in [4.69, 9.17) is 4.74 Å². The minimum absolute atomic E-state index is 0.122. The van der Waals surface area contributed by atoms with E-state index in [9.17, 15) is 32.3 Å². The first-order chi connectivity index (χ1) is 20.3. The largest absolute Gasteiger partial charge is 0.493 e. The average molecular weight is 602 g/mol. The first-order valence-electron chi connectivity index (χ1n) is 13.3. The smallest absolute Gasteiger partial charge is 0.489 e. The van der Waals surface area contributed by atoms with Crippen molar-refractivity contribution in [1.29, 1.82) is 0 Å². The second-order valence-electron chi connectivity index (χ2n) is 10.2. The number of hydrogen-bond acceptors (Lipinski definition) is 7. The van der Waals surface area contributed by atoms with Crippen LogP contribution in [-0.4, -0.2) is 78.0 Å². The number of fused-ring (bicyclic) bond motifs is 1. The van der Waals surface area contributed by atoms with E-state index in [-0.39, 0.29) is 31.7 Å². The van der Waals surface area contributed by atoms with Crippen molar-refractivity contribution < 1.29 is 41.9 Å². The quantitative estimate of drug-likeness (QED) is 0.415. The number of ether oxygens (including phenoxy) is 1. The molecule has 0 aliphatic carbocycles. The molecule has 0 spiro atoms. The summed E-state index contributed by atoms with van der Waals surface area (Å²) in [5.74, 6) is -4.95. The summed E-state index contributed by atoms with van der Waals surface area (Å²) < 4.78 is 43.5. The van der Waals surface area contributed by atoms with Crippen molar-refractivity contribution in [1.82, 2.24) is 25.6 Å². The van der Waals surface area contributed by atoms with Gasteiger partial charge in [-0.05, 0) is 49.7 Å². The van der Waals surface area contributed by atoms with Crippen LogP contribution in [-0.2, 0) is 21.0 Å². The number of alkyl halides is 3. The van der Waals surface area contributed by atoms with Gasteiger partial charge in [0.1, 0.15) is 12.4 Å². The third-order valence-electron chi connectivity index (χ3n) is 6.84. The van der Waals surface area contributed by atoms with Gasteiger partial charge in [0.25, 0.3) is 11.8 Å². The normalized spacial score (nSPS) is 16.7. The van der Waals surface area contributed by atoms with E-state index in [1.54, 1.807) is 12.1 Å². The van der Waals surface area contributed by atoms with Crippen molar-refractivity contribution in [3.05, 3.63) is 71.4 Å². The molecule has 2 aromatic carbocycles. The maximum Gasteiger partial charge on any atom is 0.493 e. The summed E-state index contributed by atoms with van der Waals surface area (Å²) in [5, 5.41) is 3.68. The Morgan fingerprint density at radius 3 is 2.44 bits per heavy atom. The standard InChI is InChI=1S/C29H30F3N5O6/c1-17-14-19(21-6-4-5-7-23(21)33-17)16-42-20-10-8-18(9-11-20)25(38)34-24-12-13-37(28(41)36(2)3)15-22(24)26(39)35-43-27(40)29(30,31)32/h4-11,14,22,24H,12-13,15-16H2,1-3H3,(H,34,38)(H,35,39)/t22-,24+/m0/s1. The number of nitrogens with one attached hydrogen (secondary N) is 2. The summed E-state index contributed by atoms with van der Waals surface area (Å²) in [6.45, 7) is 2.11. The third-order valence-corrected chi connectivity index (χ3v) is 6.84. The van der Waals surface area contributed by atoms with Crippen LogP contribution in [0.25, 0.3) is 10.9 Å². The SMILES string of the molecule is Cc1cc(COc2ccc(C(=O)N[C@@H]3CCN(C(=O)N(C)C)C[C@@H]3C(=O)NOC(=O)C(F)(F)F)cc2)c2ccccc2n1. The van der Waals surface area contributed by atoms with Crippen LogP contribution in [0.1, 0.15) is 28.0 Å². The zero-order valence-corrected chi connectivity index (χ0v) is 23.6. The maximum absolute atomic E-state index is 13.1. The van der Waals surface area contributed by atoms with Gasteiger partial charge in [-0.2, -0.15) is 18.7 Å². The van der Waals surface area contributed by atoms with Crippen molar-refractivity contribution >= 4 is 34.7 Å². The number of carbonyl (C=O) groups is 4. The average Bonchev–Trinajstić information content (AvgIpc) is 2.97. The van der Waals surface area contributed by atoms with Gasteiger partial charge < -0.3 is 24.7 Å². The molecule has 1 aliphatic heterocycles. The number of carbonyl (C=O) groups excluding carboxylic acids is 4. The van der Waals surface area contributed by atoms with E-state index in [2.05, 4.69) is 15.1 Å². The van der Waals surface area contributed by atoms with Crippen LogP contribution >= 0.6 is 0 Å². The Bertz CT molecular complexity index is 1510. The fraction of sp³-hybridized carbons (Fsp3) is 0.345. The number of pyridine rings is 1. The fourth-order valence-electron chi connectivity index (χ4n) is 4.71. The molecule has 228 valence electrons. The Morgan fingerprint density at radius 1 is 1.07 bits per heavy atom. The summed E-state index contributed by atoms with van der Waals surface area (Å²) in [4.78, 5) is 60.3. The van der Waals surface area contributed by atoms with Crippen molar-refractivity contribution in [3.63, 3.8) is 0 Å². The highest BCUT2D eigenvalue weighted by molar-refractivity contribution is 5.95. The number of hydrogen-bond donors (Lipinski definition) is 2. The third kappa shape index (κ3) is 7.70. The number of hydroxylamine groups is 1. The number of nitrogens with zero attached hydrogens (tertiary/aromatic N) is 3. The Balaban J connectivity index is 1.42. The predicted molar refractivity (Wildman–Crippen MR) is 148 cm³/mol. The molecule has 0 bridgehead atoms. The highest BCUT2D eigenvalue weighted by atomic mass is 19.4. The van der Waals surface area contributed by atoms with Gasteiger partial charge in [-0.15, -0.1) is 0 Å². The van der Waals surface area contributed by atoms with Crippen LogP contribution < -0.4 is 15.5 Å². The van der Waals surface area contributed by atoms with Crippen LogP contribution in [0.3, 0.4) is 0 Å². The molecule has 4 rings (SSSR count). The molecule has 2 atom stereocenters. The zero-order chi connectivity index (χ0) is 31.3. The number of likely N-dealkylation sites (tertiary alicyclic amines) is 1. The fourth-order valence-corrected chi connectivity index (χ4v) is 4.71. The number of aromatic nitrogens is 1. The molecule has 1 saturated heterocycles. The van der Waals surface area contributed by atoms with E-state index in [0.29, 0.717) is 5.75 Å². The number of rotatable bonds is 6. The zero-order valence-electron chi connectivity index (χ0n) is 23.6. The lowest BCUT2D eigenvalue weighted by molar-refractivity contribution is -0.208. The van der Waals surface area contributed by atoms with E-state index in [0.717, 1.165) is 22.2 Å². The van der Waals surface area contributed by atoms with Crippen molar-refractivity contribution in [2.45, 2.75) is 32.2 Å². The first kappa shape index (κ1) is 31.1. The van der Waals surface area contributed by atoms with E-state index < -0.39 is 42.0 Å². The molecule has 2 N–H and O–H groups in total. The van der Waals surface area contributed by atoms with Crippen molar-refractivity contribution in [2.75, 3.05) is 27.2 Å². The number of amides is 4. The molecule has 0 saturated carbocycles. The lowest BCUT2D eigenvalue weighted by Crippen LogP contribution is -2.58. The molecule has 4 amide bonds. The number of benzene rings is 2. The predicted octanol–water partition coefficient (Wildman–Crippen LogP) is 3.36. The van der Waals surface area contributed by atoms with Gasteiger partial charge in [-0.3, -0.25) is 14.6 Å². The van der Waals surface area contributed by atoms with Gasteiger partial charge >= 0.3 is 18.2 Å². The van der Waals surface area contributed by atoms with Gasteiger partial charge in [0.2, 0.25) is 0 Å². The van der Waals surface area contributed by atoms with Gasteiger partial charge in [0.05, 0.1) is 11.4 Å². The Kier molecular flexibility index (Phi) is 9.37. The molecule has 1 aliphatic rings. The molecule has 1 aromatic heterocycles. The maximum atomic E-state index is 13.1. The van der Waals surface area contributed by atoms with Crippen LogP contribution in [0.2, 0.25) is 0 Å². The second-order valence-corrected chi connectivity index (χ2v) is 10.2. The van der Waals surface area contributed by atoms with Crippen LogP contribution in [0.5, 0.6) is 5.75 Å². The lowest BCUT2D eigenvalue weighted by atomic mass is 9.91. The molecular weight excluding hydrogens is 571 g/mol. The van der Waals surface area contributed by atoms with Crippen LogP contribution in [0, 0.1) is 12.8 Å². The molecular formula is C29H30F3N5O6. The summed E-state index contributed by atoms with van der Waals surface area (Å²) in [5.41, 5.74) is 4.41. The Hall–Kier alpha value is -4.88. The molecule has 3 aromatic rings. The molecule has 0 unspecified atom stereocenters. The molecule has 43 heavy (non-hydrogen) atoms. The Labute approximate surface area is 244 Å². The molecule has 11 nitrogen and oxygen atoms in total. The van der Waals surface area contributed by atoms with Gasteiger partial charge in [0.15, 0.2) is 0 Å².